The molecule has 0 atom stereocenters. The highest BCUT2D eigenvalue weighted by Crippen LogP contribution is 2.36. The van der Waals surface area contributed by atoms with Crippen LogP contribution < -0.4 is 14.2 Å². The lowest BCUT2D eigenvalue weighted by Crippen LogP contribution is -2.06. The van der Waals surface area contributed by atoms with Crippen LogP contribution in [0.25, 0.3) is 16.6 Å². The summed E-state index contributed by atoms with van der Waals surface area (Å²) in [5, 5.41) is 0.568. The van der Waals surface area contributed by atoms with Crippen LogP contribution in [0.15, 0.2) is 54.7 Å². The number of methoxy groups -OCH3 is 3. The largest absolute Gasteiger partial charge is 0.496 e. The number of hydrogen-bond donors (Lipinski definition) is 0. The number of hydrogen-bond acceptors (Lipinski definition) is 5. The van der Waals surface area contributed by atoms with E-state index in [-0.39, 0.29) is 34.1 Å². The van der Waals surface area contributed by atoms with Crippen molar-refractivity contribution in [2.45, 2.75) is 6.61 Å². The molecule has 4 aromatic rings. The molecule has 0 aliphatic carbocycles. The number of halogens is 3. The molecule has 0 unspecified atom stereocenters. The summed E-state index contributed by atoms with van der Waals surface area (Å²) in [5.74, 6) is -3.19. The van der Waals surface area contributed by atoms with Crippen molar-refractivity contribution in [3.8, 4) is 22.9 Å². The van der Waals surface area contributed by atoms with Gasteiger partial charge < -0.3 is 23.5 Å². The van der Waals surface area contributed by atoms with Crippen LogP contribution in [0.1, 0.15) is 15.9 Å². The third-order valence-corrected chi connectivity index (χ3v) is 5.35. The normalized spacial score (nSPS) is 10.9. The van der Waals surface area contributed by atoms with Gasteiger partial charge >= 0.3 is 5.97 Å². The van der Waals surface area contributed by atoms with E-state index in [1.807, 2.05) is 0 Å². The van der Waals surface area contributed by atoms with Gasteiger partial charge in [-0.25, -0.2) is 18.0 Å². The Kier molecular flexibility index (Phi) is 6.36. The minimum atomic E-state index is -1.11. The van der Waals surface area contributed by atoms with Crippen molar-refractivity contribution in [3.05, 3.63) is 83.3 Å². The first-order valence-corrected chi connectivity index (χ1v) is 10.1. The Morgan fingerprint density at radius 2 is 1.62 bits per heavy atom. The van der Waals surface area contributed by atoms with E-state index in [1.54, 1.807) is 24.3 Å². The molecule has 6 nitrogen and oxygen atoms in total. The summed E-state index contributed by atoms with van der Waals surface area (Å²) in [4.78, 5) is 12.3. The topological polar surface area (TPSA) is 58.9 Å². The second-order valence-electron chi connectivity index (χ2n) is 7.21. The van der Waals surface area contributed by atoms with E-state index in [0.29, 0.717) is 10.9 Å². The Bertz CT molecular complexity index is 1380. The van der Waals surface area contributed by atoms with Crippen molar-refractivity contribution in [2.75, 3.05) is 21.3 Å². The Hall–Kier alpha value is -4.14. The van der Waals surface area contributed by atoms with E-state index in [9.17, 15) is 13.6 Å². The second-order valence-corrected chi connectivity index (χ2v) is 7.21. The summed E-state index contributed by atoms with van der Waals surface area (Å²) in [6, 6.07) is 11.6. The molecule has 0 amide bonds. The third-order valence-electron chi connectivity index (χ3n) is 5.35. The number of aromatic nitrogens is 1. The van der Waals surface area contributed by atoms with Gasteiger partial charge in [0.05, 0.1) is 43.7 Å². The van der Waals surface area contributed by atoms with Gasteiger partial charge in [0, 0.05) is 23.7 Å². The van der Waals surface area contributed by atoms with Crippen molar-refractivity contribution in [1.82, 2.24) is 4.57 Å². The number of carbonyl (C=O) groups excluding carboxylic acids is 1. The average Bonchev–Trinajstić information content (AvgIpc) is 3.24. The summed E-state index contributed by atoms with van der Waals surface area (Å²) in [6.45, 7) is -0.409. The number of nitrogens with zero attached hydrogens (tertiary/aromatic N) is 1. The fourth-order valence-electron chi connectivity index (χ4n) is 3.68. The Morgan fingerprint density at radius 1 is 0.882 bits per heavy atom. The second kappa shape index (κ2) is 9.38. The van der Waals surface area contributed by atoms with E-state index in [0.717, 1.165) is 12.1 Å². The SMILES string of the molecule is COC(=O)c1cn(-c2cc(OCc3c(OC)ccc(F)c3F)c(OC)cc2F)c2ccccc12. The first kappa shape index (κ1) is 23.0. The first-order chi connectivity index (χ1) is 16.4. The maximum absolute atomic E-state index is 15.1. The molecule has 0 spiro atoms. The van der Waals surface area contributed by atoms with E-state index in [4.69, 9.17) is 18.9 Å². The molecule has 1 aromatic heterocycles. The van der Waals surface area contributed by atoms with Gasteiger partial charge in [-0.1, -0.05) is 18.2 Å². The molecule has 0 radical (unpaired) electrons. The van der Waals surface area contributed by atoms with Crippen LogP contribution >= 0.6 is 0 Å². The van der Waals surface area contributed by atoms with Crippen LogP contribution in [-0.2, 0) is 11.3 Å². The Morgan fingerprint density at radius 3 is 2.32 bits per heavy atom. The number of ether oxygens (including phenoxy) is 4. The zero-order valence-electron chi connectivity index (χ0n) is 18.5. The van der Waals surface area contributed by atoms with Crippen LogP contribution in [0, 0.1) is 17.5 Å². The van der Waals surface area contributed by atoms with Gasteiger partial charge in [0.25, 0.3) is 0 Å². The molecule has 0 aliphatic rings. The third kappa shape index (κ3) is 4.00. The van der Waals surface area contributed by atoms with Crippen LogP contribution in [0.5, 0.6) is 17.2 Å². The van der Waals surface area contributed by atoms with Crippen molar-refractivity contribution >= 4 is 16.9 Å². The van der Waals surface area contributed by atoms with E-state index in [2.05, 4.69) is 0 Å². The molecule has 0 aliphatic heterocycles. The quantitative estimate of drug-likeness (QED) is 0.337. The number of carbonyl (C=O) groups is 1. The molecule has 0 saturated carbocycles. The maximum Gasteiger partial charge on any atom is 0.340 e. The minimum Gasteiger partial charge on any atom is -0.496 e. The lowest BCUT2D eigenvalue weighted by atomic mass is 10.2. The lowest BCUT2D eigenvalue weighted by Gasteiger charge is -2.16. The number of esters is 1. The van der Waals surface area contributed by atoms with Gasteiger partial charge in [-0.05, 0) is 18.2 Å². The van der Waals surface area contributed by atoms with Crippen molar-refractivity contribution in [1.29, 1.82) is 0 Å². The predicted molar refractivity (Wildman–Crippen MR) is 118 cm³/mol. The Balaban J connectivity index is 1.80. The van der Waals surface area contributed by atoms with Crippen LogP contribution in [-0.4, -0.2) is 31.9 Å². The number of fused-ring (bicyclic) bond motifs is 1. The molecular weight excluding hydrogens is 451 g/mol. The fraction of sp³-hybridized carbons (Fsp3) is 0.160. The molecule has 1 heterocycles. The molecule has 0 saturated heterocycles. The molecule has 9 heteroatoms. The van der Waals surface area contributed by atoms with Crippen molar-refractivity contribution in [2.24, 2.45) is 0 Å². The molecule has 4 rings (SSSR count). The first-order valence-electron chi connectivity index (χ1n) is 10.1. The zero-order valence-corrected chi connectivity index (χ0v) is 18.5. The van der Waals surface area contributed by atoms with Crippen molar-refractivity contribution < 1.29 is 36.9 Å². The average molecular weight is 471 g/mol. The summed E-state index contributed by atoms with van der Waals surface area (Å²) in [5.41, 5.74) is 0.710. The number of para-hydroxylation sites is 1. The highest BCUT2D eigenvalue weighted by Gasteiger charge is 2.21. The van der Waals surface area contributed by atoms with E-state index >= 15 is 4.39 Å². The van der Waals surface area contributed by atoms with Gasteiger partial charge in [-0.3, -0.25) is 0 Å². The Labute approximate surface area is 193 Å². The van der Waals surface area contributed by atoms with E-state index < -0.39 is 30.0 Å². The number of rotatable bonds is 7. The van der Waals surface area contributed by atoms with Crippen molar-refractivity contribution in [3.63, 3.8) is 0 Å². The summed E-state index contributed by atoms with van der Waals surface area (Å²) >= 11 is 0. The highest BCUT2D eigenvalue weighted by atomic mass is 19.2. The predicted octanol–water partition coefficient (Wildman–Crippen LogP) is 5.43. The minimum absolute atomic E-state index is 0.0432. The van der Waals surface area contributed by atoms with Gasteiger partial charge in [-0.2, -0.15) is 0 Å². The van der Waals surface area contributed by atoms with E-state index in [1.165, 1.54) is 44.2 Å². The maximum atomic E-state index is 15.1. The molecule has 0 fully saturated rings. The number of benzene rings is 3. The van der Waals surface area contributed by atoms with Gasteiger partial charge in [0.15, 0.2) is 29.0 Å². The summed E-state index contributed by atoms with van der Waals surface area (Å²) < 4.78 is 65.6. The van der Waals surface area contributed by atoms with Crippen LogP contribution in [0.2, 0.25) is 0 Å². The molecule has 0 bridgehead atoms. The fourth-order valence-corrected chi connectivity index (χ4v) is 3.68. The standard InChI is InChI=1S/C25H20F3NO5/c1-31-21-9-8-17(26)24(28)16(21)13-34-23-11-20(18(27)10-22(23)32-2)29-12-15(25(30)33-3)14-6-4-5-7-19(14)29/h4-12H,13H2,1-3H3. The van der Waals surface area contributed by atoms with Crippen LogP contribution in [0.3, 0.4) is 0 Å². The molecule has 3 aromatic carbocycles. The molecule has 0 N–H and O–H groups in total. The smallest absolute Gasteiger partial charge is 0.340 e. The van der Waals surface area contributed by atoms with Crippen LogP contribution in [0.4, 0.5) is 13.2 Å². The monoisotopic (exact) mass is 471 g/mol. The molecular formula is C25H20F3NO5. The molecule has 34 heavy (non-hydrogen) atoms. The lowest BCUT2D eigenvalue weighted by molar-refractivity contribution is 0.0603. The zero-order chi connectivity index (χ0) is 24.4. The molecule has 176 valence electrons. The highest BCUT2D eigenvalue weighted by molar-refractivity contribution is 6.04. The summed E-state index contributed by atoms with van der Waals surface area (Å²) in [6.07, 6.45) is 1.46. The summed E-state index contributed by atoms with van der Waals surface area (Å²) in [7, 11) is 3.90. The van der Waals surface area contributed by atoms with Gasteiger partial charge in [0.2, 0.25) is 0 Å². The van der Waals surface area contributed by atoms with Gasteiger partial charge in [-0.15, -0.1) is 0 Å². The van der Waals surface area contributed by atoms with Gasteiger partial charge in [0.1, 0.15) is 12.4 Å².